The van der Waals surface area contributed by atoms with E-state index in [0.29, 0.717) is 25.0 Å². The number of carbonyl (C=O) groups is 1. The Bertz CT molecular complexity index is 402. The molecule has 0 aromatic heterocycles. The third-order valence-electron chi connectivity index (χ3n) is 3.38. The van der Waals surface area contributed by atoms with Gasteiger partial charge in [-0.25, -0.2) is 4.79 Å². The van der Waals surface area contributed by atoms with E-state index in [-0.39, 0.29) is 30.1 Å². The highest BCUT2D eigenvalue weighted by Crippen LogP contribution is 2.11. The van der Waals surface area contributed by atoms with Crippen LogP contribution in [0.5, 0.6) is 0 Å². The molecule has 0 atom stereocenters. The molecule has 0 radical (unpaired) electrons. The predicted octanol–water partition coefficient (Wildman–Crippen LogP) is 1.72. The minimum atomic E-state index is -0.439. The molecule has 0 unspecified atom stereocenters. The maximum atomic E-state index is 12.0. The molecular weight excluding hydrogens is 421 g/mol. The molecule has 3 N–H and O–H groups in total. The quantitative estimate of drug-likeness (QED) is 0.375. The SMILES string of the molecule is CC(C)CN=C(N)NCCN1CCN(C(=O)OC(C)(C)C)CC1.I. The van der Waals surface area contributed by atoms with E-state index in [0.717, 1.165) is 32.7 Å². The minimum absolute atomic E-state index is 0. The van der Waals surface area contributed by atoms with Gasteiger partial charge in [0, 0.05) is 45.8 Å². The second kappa shape index (κ2) is 11.0. The van der Waals surface area contributed by atoms with Gasteiger partial charge in [-0.2, -0.15) is 0 Å². The molecular formula is C16H34IN5O2. The molecule has 1 aliphatic heterocycles. The number of nitrogens with one attached hydrogen (secondary N) is 1. The minimum Gasteiger partial charge on any atom is -0.444 e. The smallest absolute Gasteiger partial charge is 0.410 e. The van der Waals surface area contributed by atoms with E-state index in [4.69, 9.17) is 10.5 Å². The number of hydrogen-bond acceptors (Lipinski definition) is 4. The zero-order chi connectivity index (χ0) is 17.5. The van der Waals surface area contributed by atoms with Gasteiger partial charge in [0.1, 0.15) is 5.60 Å². The van der Waals surface area contributed by atoms with Crippen LogP contribution in [0.3, 0.4) is 0 Å². The standard InChI is InChI=1S/C16H33N5O2.HI/c1-13(2)12-19-14(17)18-6-7-20-8-10-21(11-9-20)15(22)23-16(3,4)5;/h13H,6-12H2,1-5H3,(H3,17,18,19);1H. The van der Waals surface area contributed by atoms with Crippen molar-refractivity contribution in [2.24, 2.45) is 16.6 Å². The lowest BCUT2D eigenvalue weighted by Crippen LogP contribution is -2.51. The van der Waals surface area contributed by atoms with E-state index in [2.05, 4.69) is 29.1 Å². The molecule has 0 spiro atoms. The molecule has 1 saturated heterocycles. The van der Waals surface area contributed by atoms with Crippen LogP contribution in [0, 0.1) is 5.92 Å². The van der Waals surface area contributed by atoms with Crippen molar-refractivity contribution in [1.29, 1.82) is 0 Å². The molecule has 1 heterocycles. The number of aliphatic imine (C=N–C) groups is 1. The second-order valence-electron chi connectivity index (χ2n) is 7.36. The molecule has 1 aliphatic rings. The average molecular weight is 455 g/mol. The number of rotatable bonds is 5. The molecule has 0 aliphatic carbocycles. The number of hydrogen-bond donors (Lipinski definition) is 2. The summed E-state index contributed by atoms with van der Waals surface area (Å²) in [6.45, 7) is 15.4. The number of halogens is 1. The van der Waals surface area contributed by atoms with E-state index >= 15 is 0 Å². The van der Waals surface area contributed by atoms with E-state index in [1.165, 1.54) is 0 Å². The first-order valence-electron chi connectivity index (χ1n) is 8.41. The van der Waals surface area contributed by atoms with Crippen molar-refractivity contribution >= 4 is 36.0 Å². The van der Waals surface area contributed by atoms with Crippen LogP contribution in [0.25, 0.3) is 0 Å². The Hall–Kier alpha value is -0.770. The third kappa shape index (κ3) is 10.2. The van der Waals surface area contributed by atoms with Crippen molar-refractivity contribution in [3.05, 3.63) is 0 Å². The molecule has 0 bridgehead atoms. The molecule has 1 amide bonds. The number of amides is 1. The maximum absolute atomic E-state index is 12.0. The summed E-state index contributed by atoms with van der Waals surface area (Å²) in [4.78, 5) is 20.3. The van der Waals surface area contributed by atoms with Crippen LogP contribution in [0.4, 0.5) is 4.79 Å². The van der Waals surface area contributed by atoms with Gasteiger partial charge in [0.2, 0.25) is 0 Å². The average Bonchev–Trinajstić information content (AvgIpc) is 2.44. The van der Waals surface area contributed by atoms with Crippen LogP contribution in [0.15, 0.2) is 4.99 Å². The van der Waals surface area contributed by atoms with Gasteiger partial charge in [-0.05, 0) is 26.7 Å². The van der Waals surface area contributed by atoms with E-state index < -0.39 is 5.60 Å². The molecule has 7 nitrogen and oxygen atoms in total. The summed E-state index contributed by atoms with van der Waals surface area (Å²) in [6.07, 6.45) is -0.222. The molecule has 1 rings (SSSR count). The molecule has 1 fully saturated rings. The van der Waals surface area contributed by atoms with Gasteiger partial charge in [0.15, 0.2) is 5.96 Å². The topological polar surface area (TPSA) is 83.2 Å². The van der Waals surface area contributed by atoms with Crippen LogP contribution in [0.2, 0.25) is 0 Å². The Morgan fingerprint density at radius 1 is 1.25 bits per heavy atom. The van der Waals surface area contributed by atoms with Crippen LogP contribution in [-0.2, 0) is 4.74 Å². The molecule has 0 aromatic rings. The summed E-state index contributed by atoms with van der Waals surface area (Å²) in [5.41, 5.74) is 5.37. The zero-order valence-electron chi connectivity index (χ0n) is 15.7. The maximum Gasteiger partial charge on any atom is 0.410 e. The third-order valence-corrected chi connectivity index (χ3v) is 3.38. The van der Waals surface area contributed by atoms with Gasteiger partial charge in [-0.1, -0.05) is 13.8 Å². The van der Waals surface area contributed by atoms with Gasteiger partial charge in [0.25, 0.3) is 0 Å². The van der Waals surface area contributed by atoms with Crippen LogP contribution < -0.4 is 11.1 Å². The zero-order valence-corrected chi connectivity index (χ0v) is 18.0. The number of nitrogens with two attached hydrogens (primary N) is 1. The molecule has 0 aromatic carbocycles. The van der Waals surface area contributed by atoms with Crippen molar-refractivity contribution in [3.8, 4) is 0 Å². The first kappa shape index (κ1) is 23.2. The fourth-order valence-corrected chi connectivity index (χ4v) is 2.16. The molecule has 24 heavy (non-hydrogen) atoms. The first-order chi connectivity index (χ1) is 10.7. The van der Waals surface area contributed by atoms with Crippen molar-refractivity contribution in [2.45, 2.75) is 40.2 Å². The molecule has 8 heteroatoms. The van der Waals surface area contributed by atoms with Crippen molar-refractivity contribution < 1.29 is 9.53 Å². The van der Waals surface area contributed by atoms with Gasteiger partial charge in [-0.3, -0.25) is 9.89 Å². The largest absolute Gasteiger partial charge is 0.444 e. The first-order valence-corrected chi connectivity index (χ1v) is 8.41. The fraction of sp³-hybridized carbons (Fsp3) is 0.875. The number of ether oxygens (including phenoxy) is 1. The van der Waals surface area contributed by atoms with E-state index in [1.54, 1.807) is 4.90 Å². The Morgan fingerprint density at radius 2 is 1.83 bits per heavy atom. The summed E-state index contributed by atoms with van der Waals surface area (Å²) in [5.74, 6) is 1.02. The van der Waals surface area contributed by atoms with Gasteiger partial charge < -0.3 is 20.7 Å². The van der Waals surface area contributed by atoms with E-state index in [1.807, 2.05) is 20.8 Å². The number of guanidine groups is 1. The highest BCUT2D eigenvalue weighted by atomic mass is 127. The predicted molar refractivity (Wildman–Crippen MR) is 109 cm³/mol. The lowest BCUT2D eigenvalue weighted by Gasteiger charge is -2.35. The van der Waals surface area contributed by atoms with E-state index in [9.17, 15) is 4.79 Å². The number of piperazine rings is 1. The lowest BCUT2D eigenvalue weighted by atomic mass is 10.2. The summed E-state index contributed by atoms with van der Waals surface area (Å²) in [7, 11) is 0. The van der Waals surface area contributed by atoms with Gasteiger partial charge in [-0.15, -0.1) is 24.0 Å². The Morgan fingerprint density at radius 3 is 2.33 bits per heavy atom. The fourth-order valence-electron chi connectivity index (χ4n) is 2.16. The van der Waals surface area contributed by atoms with Crippen LogP contribution >= 0.6 is 24.0 Å². The lowest BCUT2D eigenvalue weighted by molar-refractivity contribution is 0.0147. The monoisotopic (exact) mass is 455 g/mol. The van der Waals surface area contributed by atoms with Crippen molar-refractivity contribution in [3.63, 3.8) is 0 Å². The normalized spacial score (nSPS) is 16.8. The Balaban J connectivity index is 0.00000529. The Labute approximate surface area is 163 Å². The summed E-state index contributed by atoms with van der Waals surface area (Å²) in [5, 5.41) is 3.13. The van der Waals surface area contributed by atoms with Crippen LogP contribution in [0.1, 0.15) is 34.6 Å². The molecule has 142 valence electrons. The summed E-state index contributed by atoms with van der Waals surface area (Å²) < 4.78 is 5.40. The second-order valence-corrected chi connectivity index (χ2v) is 7.36. The highest BCUT2D eigenvalue weighted by Gasteiger charge is 2.25. The van der Waals surface area contributed by atoms with Crippen molar-refractivity contribution in [1.82, 2.24) is 15.1 Å². The summed E-state index contributed by atoms with van der Waals surface area (Å²) in [6, 6.07) is 0. The highest BCUT2D eigenvalue weighted by molar-refractivity contribution is 14.0. The van der Waals surface area contributed by atoms with Gasteiger partial charge >= 0.3 is 6.09 Å². The van der Waals surface area contributed by atoms with Crippen molar-refractivity contribution in [2.75, 3.05) is 45.8 Å². The van der Waals surface area contributed by atoms with Gasteiger partial charge in [0.05, 0.1) is 0 Å². The summed E-state index contributed by atoms with van der Waals surface area (Å²) >= 11 is 0. The van der Waals surface area contributed by atoms with Crippen LogP contribution in [-0.4, -0.2) is 73.3 Å². The number of nitrogens with zero attached hydrogens (tertiary/aromatic N) is 3. The Kier molecular flexibility index (Phi) is 10.6. The number of carbonyl (C=O) groups excluding carboxylic acids is 1. The molecule has 0 saturated carbocycles.